The molecular weight excluding hydrogens is 352 g/mol. The lowest BCUT2D eigenvalue weighted by atomic mass is 9.99. The molecule has 0 spiro atoms. The fraction of sp³-hybridized carbons (Fsp3) is 0.391. The number of hydrogen-bond donors (Lipinski definition) is 0. The summed E-state index contributed by atoms with van der Waals surface area (Å²) in [7, 11) is 0. The number of hydrogen-bond acceptors (Lipinski definition) is 3. The number of amides is 2. The molecule has 2 aromatic carbocycles. The highest BCUT2D eigenvalue weighted by Gasteiger charge is 2.38. The van der Waals surface area contributed by atoms with Crippen LogP contribution in [0.1, 0.15) is 48.2 Å². The van der Waals surface area contributed by atoms with Crippen molar-refractivity contribution in [3.05, 3.63) is 59.2 Å². The highest BCUT2D eigenvalue weighted by molar-refractivity contribution is 5.99. The molecule has 5 nitrogen and oxygen atoms in total. The molecule has 1 saturated carbocycles. The lowest BCUT2D eigenvalue weighted by molar-refractivity contribution is 0.0765. The van der Waals surface area contributed by atoms with Gasteiger partial charge in [0.15, 0.2) is 0 Å². The van der Waals surface area contributed by atoms with Crippen molar-refractivity contribution < 1.29 is 14.3 Å². The smallest absolute Gasteiger partial charge is 0.410 e. The molecule has 5 heteroatoms. The van der Waals surface area contributed by atoms with E-state index in [1.807, 2.05) is 30.9 Å². The van der Waals surface area contributed by atoms with Crippen LogP contribution in [0.2, 0.25) is 0 Å². The van der Waals surface area contributed by atoms with Gasteiger partial charge in [-0.15, -0.1) is 0 Å². The first-order chi connectivity index (χ1) is 13.4. The minimum absolute atomic E-state index is 0.180. The molecule has 1 saturated heterocycles. The molecule has 28 heavy (non-hydrogen) atoms. The predicted octanol–water partition coefficient (Wildman–Crippen LogP) is 4.20. The zero-order valence-electron chi connectivity index (χ0n) is 16.3. The molecular formula is C23H24N2O3. The van der Waals surface area contributed by atoms with E-state index in [9.17, 15) is 9.59 Å². The van der Waals surface area contributed by atoms with Gasteiger partial charge in [-0.05, 0) is 61.1 Å². The van der Waals surface area contributed by atoms with Gasteiger partial charge in [0.1, 0.15) is 5.60 Å². The molecule has 2 aromatic rings. The van der Waals surface area contributed by atoms with Crippen LogP contribution in [0.15, 0.2) is 42.5 Å². The van der Waals surface area contributed by atoms with E-state index in [2.05, 4.69) is 30.3 Å². The third kappa shape index (κ3) is 3.05. The summed E-state index contributed by atoms with van der Waals surface area (Å²) in [5.74, 6) is 0.180. The summed E-state index contributed by atoms with van der Waals surface area (Å²) in [6.45, 7) is 5.74. The van der Waals surface area contributed by atoms with E-state index in [0.29, 0.717) is 19.1 Å². The Bertz CT molecular complexity index is 960. The average Bonchev–Trinajstić information content (AvgIpc) is 3.40. The molecule has 0 radical (unpaired) electrons. The second-order valence-electron chi connectivity index (χ2n) is 8.72. The molecule has 2 amide bonds. The first kappa shape index (κ1) is 17.3. The van der Waals surface area contributed by atoms with E-state index in [1.165, 1.54) is 0 Å². The summed E-state index contributed by atoms with van der Waals surface area (Å²) in [6, 6.07) is 14.9. The number of nitrogens with zero attached hydrogens (tertiary/aromatic N) is 2. The molecule has 2 aliphatic heterocycles. The molecule has 0 bridgehead atoms. The fourth-order valence-electron chi connectivity index (χ4n) is 4.20. The van der Waals surface area contributed by atoms with Crippen molar-refractivity contribution >= 4 is 12.0 Å². The maximum Gasteiger partial charge on any atom is 0.410 e. The molecule has 0 unspecified atom stereocenters. The van der Waals surface area contributed by atoms with Gasteiger partial charge in [-0.1, -0.05) is 30.3 Å². The number of ether oxygens (including phenoxy) is 1. The Labute approximate surface area is 164 Å². The third-order valence-corrected chi connectivity index (χ3v) is 5.78. The van der Waals surface area contributed by atoms with Gasteiger partial charge >= 0.3 is 6.09 Å². The van der Waals surface area contributed by atoms with Crippen LogP contribution >= 0.6 is 0 Å². The quantitative estimate of drug-likeness (QED) is 0.803. The Hall–Kier alpha value is -2.82. The normalized spacial score (nSPS) is 20.5. The molecule has 0 atom stereocenters. The molecule has 1 aliphatic carbocycles. The van der Waals surface area contributed by atoms with Crippen LogP contribution in [0.4, 0.5) is 4.79 Å². The zero-order valence-corrected chi connectivity index (χ0v) is 16.3. The highest BCUT2D eigenvalue weighted by atomic mass is 16.6. The number of benzene rings is 2. The van der Waals surface area contributed by atoms with E-state index in [-0.39, 0.29) is 12.0 Å². The standard InChI is InChI=1S/C23H24N2O3/c1-23(2)14-24(22(27)28-23)12-15-3-5-16(6-4-15)17-7-10-20-18(11-17)13-25(21(20)26)19-8-9-19/h3-7,10-11,19H,8-9,12-14H2,1-2H3. The van der Waals surface area contributed by atoms with E-state index in [1.54, 1.807) is 4.90 Å². The van der Waals surface area contributed by atoms with Crippen LogP contribution in [-0.4, -0.2) is 40.0 Å². The summed E-state index contributed by atoms with van der Waals surface area (Å²) in [5.41, 5.74) is 4.87. The summed E-state index contributed by atoms with van der Waals surface area (Å²) in [4.78, 5) is 28.2. The van der Waals surface area contributed by atoms with Crippen LogP contribution in [-0.2, 0) is 17.8 Å². The lowest BCUT2D eigenvalue weighted by Crippen LogP contribution is -2.28. The van der Waals surface area contributed by atoms with Crippen molar-refractivity contribution in [2.75, 3.05) is 6.54 Å². The Morgan fingerprint density at radius 2 is 1.75 bits per heavy atom. The fourth-order valence-corrected chi connectivity index (χ4v) is 4.20. The molecule has 2 heterocycles. The SMILES string of the molecule is CC1(C)CN(Cc2ccc(-c3ccc4c(c3)CN(C3CC3)C4=O)cc2)C(=O)O1. The van der Waals surface area contributed by atoms with Crippen molar-refractivity contribution in [3.63, 3.8) is 0 Å². The Kier molecular flexibility index (Phi) is 3.76. The van der Waals surface area contributed by atoms with Crippen molar-refractivity contribution in [2.24, 2.45) is 0 Å². The summed E-state index contributed by atoms with van der Waals surface area (Å²) in [5, 5.41) is 0. The second-order valence-corrected chi connectivity index (χ2v) is 8.72. The lowest BCUT2D eigenvalue weighted by Gasteiger charge is -2.16. The van der Waals surface area contributed by atoms with Gasteiger partial charge < -0.3 is 9.64 Å². The van der Waals surface area contributed by atoms with Crippen molar-refractivity contribution in [1.82, 2.24) is 9.80 Å². The van der Waals surface area contributed by atoms with Gasteiger partial charge in [-0.2, -0.15) is 0 Å². The minimum atomic E-state index is -0.423. The first-order valence-corrected chi connectivity index (χ1v) is 9.91. The van der Waals surface area contributed by atoms with E-state index >= 15 is 0 Å². The summed E-state index contributed by atoms with van der Waals surface area (Å²) < 4.78 is 5.36. The van der Waals surface area contributed by atoms with Crippen molar-refractivity contribution in [2.45, 2.75) is 51.4 Å². The molecule has 0 N–H and O–H groups in total. The van der Waals surface area contributed by atoms with E-state index in [4.69, 9.17) is 4.74 Å². The second kappa shape index (κ2) is 6.09. The monoisotopic (exact) mass is 376 g/mol. The number of cyclic esters (lactones) is 1. The topological polar surface area (TPSA) is 49.9 Å². The van der Waals surface area contributed by atoms with Gasteiger partial charge in [0.25, 0.3) is 5.91 Å². The molecule has 3 aliphatic rings. The first-order valence-electron chi connectivity index (χ1n) is 9.91. The largest absolute Gasteiger partial charge is 0.441 e. The van der Waals surface area contributed by atoms with Crippen LogP contribution in [0.25, 0.3) is 11.1 Å². The van der Waals surface area contributed by atoms with Crippen LogP contribution in [0.5, 0.6) is 0 Å². The van der Waals surface area contributed by atoms with Crippen LogP contribution in [0.3, 0.4) is 0 Å². The number of carbonyl (C=O) groups is 2. The van der Waals surface area contributed by atoms with E-state index in [0.717, 1.165) is 47.2 Å². The average molecular weight is 376 g/mol. The number of carbonyl (C=O) groups excluding carboxylic acids is 2. The number of rotatable bonds is 4. The van der Waals surface area contributed by atoms with Crippen molar-refractivity contribution in [1.29, 1.82) is 0 Å². The maximum atomic E-state index is 12.5. The van der Waals surface area contributed by atoms with Gasteiger partial charge in [0, 0.05) is 24.7 Å². The van der Waals surface area contributed by atoms with Gasteiger partial charge in [-0.25, -0.2) is 4.79 Å². The van der Waals surface area contributed by atoms with Gasteiger partial charge in [0.2, 0.25) is 0 Å². The minimum Gasteiger partial charge on any atom is -0.441 e. The molecule has 0 aromatic heterocycles. The molecule has 2 fully saturated rings. The Balaban J connectivity index is 1.32. The van der Waals surface area contributed by atoms with Crippen LogP contribution in [0, 0.1) is 0 Å². The summed E-state index contributed by atoms with van der Waals surface area (Å²) >= 11 is 0. The Morgan fingerprint density at radius 3 is 2.39 bits per heavy atom. The predicted molar refractivity (Wildman–Crippen MR) is 106 cm³/mol. The summed E-state index contributed by atoms with van der Waals surface area (Å²) in [6.07, 6.45) is 2.02. The van der Waals surface area contributed by atoms with Gasteiger partial charge in [-0.3, -0.25) is 9.69 Å². The third-order valence-electron chi connectivity index (χ3n) is 5.78. The van der Waals surface area contributed by atoms with E-state index < -0.39 is 5.60 Å². The highest BCUT2D eigenvalue weighted by Crippen LogP contribution is 2.36. The molecule has 144 valence electrons. The van der Waals surface area contributed by atoms with Gasteiger partial charge in [0.05, 0.1) is 6.54 Å². The van der Waals surface area contributed by atoms with Crippen LogP contribution < -0.4 is 0 Å². The molecule has 5 rings (SSSR count). The number of fused-ring (bicyclic) bond motifs is 1. The Morgan fingerprint density at radius 1 is 1.04 bits per heavy atom. The van der Waals surface area contributed by atoms with Crippen molar-refractivity contribution in [3.8, 4) is 11.1 Å². The maximum absolute atomic E-state index is 12.5. The zero-order chi connectivity index (χ0) is 19.5.